The van der Waals surface area contributed by atoms with Gasteiger partial charge in [-0.3, -0.25) is 14.9 Å². The lowest BCUT2D eigenvalue weighted by atomic mass is 10.0. The molecule has 0 radical (unpaired) electrons. The van der Waals surface area contributed by atoms with Gasteiger partial charge in [-0.25, -0.2) is 0 Å². The minimum absolute atomic E-state index is 0.0182. The van der Waals surface area contributed by atoms with E-state index in [1.54, 1.807) is 13.8 Å². The van der Waals surface area contributed by atoms with Crippen LogP contribution in [0.3, 0.4) is 0 Å². The van der Waals surface area contributed by atoms with Gasteiger partial charge in [0.05, 0.1) is 11.0 Å². The number of carbonyl (C=O) groups excluding carboxylic acids is 2. The Morgan fingerprint density at radius 3 is 2.62 bits per heavy atom. The van der Waals surface area contributed by atoms with Crippen molar-refractivity contribution < 1.29 is 14.5 Å². The van der Waals surface area contributed by atoms with Gasteiger partial charge in [0.25, 0.3) is 11.6 Å². The molecule has 2 rings (SSSR count). The van der Waals surface area contributed by atoms with E-state index in [9.17, 15) is 19.7 Å². The second kappa shape index (κ2) is 5.47. The van der Waals surface area contributed by atoms with E-state index in [1.807, 2.05) is 0 Å². The Balaban J connectivity index is 2.48. The highest BCUT2D eigenvalue weighted by atomic mass is 16.6. The van der Waals surface area contributed by atoms with Crippen LogP contribution in [0.5, 0.6) is 0 Å². The fourth-order valence-electron chi connectivity index (χ4n) is 2.45. The van der Waals surface area contributed by atoms with Crippen molar-refractivity contribution in [1.29, 1.82) is 0 Å². The van der Waals surface area contributed by atoms with Gasteiger partial charge >= 0.3 is 0 Å². The largest absolute Gasteiger partial charge is 0.324 e. The smallest absolute Gasteiger partial charge is 0.282 e. The predicted molar refractivity (Wildman–Crippen MR) is 77.2 cm³/mol. The summed E-state index contributed by atoms with van der Waals surface area (Å²) in [6.07, 6.45) is 1.09. The molecule has 0 saturated carbocycles. The van der Waals surface area contributed by atoms with E-state index in [2.05, 4.69) is 6.58 Å². The highest BCUT2D eigenvalue weighted by molar-refractivity contribution is 6.00. The number of nitrogens with zero attached hydrogens (tertiary/aromatic N) is 2. The molecular formula is C15H16N2O4. The maximum atomic E-state index is 12.6. The molecule has 1 aliphatic rings. The van der Waals surface area contributed by atoms with Gasteiger partial charge < -0.3 is 9.69 Å². The van der Waals surface area contributed by atoms with Crippen LogP contribution in [0.2, 0.25) is 0 Å². The van der Waals surface area contributed by atoms with E-state index < -0.39 is 16.9 Å². The Bertz CT molecular complexity index is 651. The summed E-state index contributed by atoms with van der Waals surface area (Å²) >= 11 is 0. The minimum atomic E-state index is -0.591. The molecule has 1 aliphatic heterocycles. The molecule has 1 aromatic carbocycles. The second-order valence-corrected chi connectivity index (χ2v) is 5.30. The van der Waals surface area contributed by atoms with Crippen molar-refractivity contribution in [1.82, 2.24) is 4.90 Å². The van der Waals surface area contributed by atoms with Crippen molar-refractivity contribution >= 4 is 17.9 Å². The molecule has 6 nitrogen and oxygen atoms in total. The van der Waals surface area contributed by atoms with Crippen LogP contribution < -0.4 is 0 Å². The molecule has 0 unspecified atom stereocenters. The number of hydrogen-bond acceptors (Lipinski definition) is 4. The summed E-state index contributed by atoms with van der Waals surface area (Å²) in [5, 5.41) is 11.2. The topological polar surface area (TPSA) is 80.5 Å². The van der Waals surface area contributed by atoms with Gasteiger partial charge in [-0.2, -0.15) is 0 Å². The molecule has 1 aromatic rings. The summed E-state index contributed by atoms with van der Waals surface area (Å²) in [6.45, 7) is 7.58. The van der Waals surface area contributed by atoms with Crippen molar-refractivity contribution in [2.45, 2.75) is 26.3 Å². The van der Waals surface area contributed by atoms with Gasteiger partial charge in [-0.1, -0.05) is 12.2 Å². The van der Waals surface area contributed by atoms with Crippen LogP contribution in [0.4, 0.5) is 5.69 Å². The number of benzene rings is 1. The Hall–Kier alpha value is -2.50. The van der Waals surface area contributed by atoms with Crippen molar-refractivity contribution in [2.75, 3.05) is 6.54 Å². The van der Waals surface area contributed by atoms with Gasteiger partial charge in [-0.05, 0) is 37.5 Å². The Morgan fingerprint density at radius 2 is 2.05 bits per heavy atom. The molecule has 1 heterocycles. The van der Waals surface area contributed by atoms with E-state index in [-0.39, 0.29) is 17.8 Å². The summed E-state index contributed by atoms with van der Waals surface area (Å²) in [7, 11) is 0. The maximum absolute atomic E-state index is 12.6. The van der Waals surface area contributed by atoms with Crippen LogP contribution in [0.25, 0.3) is 0 Å². The van der Waals surface area contributed by atoms with Gasteiger partial charge in [-0.15, -0.1) is 0 Å². The maximum Gasteiger partial charge on any atom is 0.282 e. The van der Waals surface area contributed by atoms with Crippen LogP contribution in [0.15, 0.2) is 24.3 Å². The molecule has 6 heteroatoms. The van der Waals surface area contributed by atoms with E-state index in [1.165, 1.54) is 17.0 Å². The standard InChI is InChI=1S/C15H16N2O4/c1-9-4-12(8-18)16(7-9)15(19)13-5-10(2)11(3)6-14(13)17(20)21/h5-6,8,12H,1,4,7H2,2-3H3/t12-/m0/s1. The van der Waals surface area contributed by atoms with Crippen LogP contribution >= 0.6 is 0 Å². The normalized spacial score (nSPS) is 17.9. The summed E-state index contributed by atoms with van der Waals surface area (Å²) in [5.41, 5.74) is 2.10. The third kappa shape index (κ3) is 2.69. The lowest BCUT2D eigenvalue weighted by molar-refractivity contribution is -0.385. The molecule has 21 heavy (non-hydrogen) atoms. The van der Waals surface area contributed by atoms with Crippen molar-refractivity contribution in [3.8, 4) is 0 Å². The van der Waals surface area contributed by atoms with Crippen molar-refractivity contribution in [3.63, 3.8) is 0 Å². The zero-order valence-corrected chi connectivity index (χ0v) is 12.0. The van der Waals surface area contributed by atoms with E-state index in [4.69, 9.17) is 0 Å². The molecule has 1 atom stereocenters. The fraction of sp³-hybridized carbons (Fsp3) is 0.333. The molecule has 1 amide bonds. The molecule has 110 valence electrons. The highest BCUT2D eigenvalue weighted by Crippen LogP contribution is 2.28. The third-order valence-electron chi connectivity index (χ3n) is 3.75. The van der Waals surface area contributed by atoms with E-state index >= 15 is 0 Å². The van der Waals surface area contributed by atoms with Crippen molar-refractivity contribution in [2.24, 2.45) is 0 Å². The van der Waals surface area contributed by atoms with Gasteiger partial charge in [0.15, 0.2) is 0 Å². The van der Waals surface area contributed by atoms with Crippen LogP contribution in [-0.2, 0) is 4.79 Å². The van der Waals surface area contributed by atoms with Crippen molar-refractivity contribution in [3.05, 3.63) is 51.1 Å². The number of aryl methyl sites for hydroxylation is 2. The van der Waals surface area contributed by atoms with Crippen LogP contribution in [0, 0.1) is 24.0 Å². The minimum Gasteiger partial charge on any atom is -0.324 e. The number of carbonyl (C=O) groups is 2. The average Bonchev–Trinajstić information content (AvgIpc) is 2.81. The zero-order valence-electron chi connectivity index (χ0n) is 12.0. The first-order valence-corrected chi connectivity index (χ1v) is 6.53. The van der Waals surface area contributed by atoms with Gasteiger partial charge in [0.1, 0.15) is 11.8 Å². The molecular weight excluding hydrogens is 272 g/mol. The molecule has 0 aromatic heterocycles. The third-order valence-corrected chi connectivity index (χ3v) is 3.75. The molecule has 0 aliphatic carbocycles. The van der Waals surface area contributed by atoms with Gasteiger partial charge in [0.2, 0.25) is 0 Å². The highest BCUT2D eigenvalue weighted by Gasteiger charge is 2.34. The average molecular weight is 288 g/mol. The Morgan fingerprint density at radius 1 is 1.43 bits per heavy atom. The quantitative estimate of drug-likeness (QED) is 0.369. The number of rotatable bonds is 3. The summed E-state index contributed by atoms with van der Waals surface area (Å²) in [4.78, 5) is 35.6. The number of amides is 1. The first-order chi connectivity index (χ1) is 9.85. The molecule has 0 spiro atoms. The lowest BCUT2D eigenvalue weighted by Crippen LogP contribution is -2.36. The first-order valence-electron chi connectivity index (χ1n) is 6.53. The number of aldehydes is 1. The van der Waals surface area contributed by atoms with E-state index in [0.717, 1.165) is 16.7 Å². The van der Waals surface area contributed by atoms with E-state index in [0.29, 0.717) is 12.7 Å². The Labute approximate surface area is 122 Å². The second-order valence-electron chi connectivity index (χ2n) is 5.30. The SMILES string of the molecule is C=C1C[C@@H](C=O)N(C(=O)c2cc(C)c(C)cc2[N+](=O)[O-])C1. The number of nitro benzene ring substituents is 1. The summed E-state index contributed by atoms with van der Waals surface area (Å²) < 4.78 is 0. The summed E-state index contributed by atoms with van der Waals surface area (Å²) in [6, 6.07) is 2.31. The van der Waals surface area contributed by atoms with Crippen LogP contribution in [0.1, 0.15) is 27.9 Å². The summed E-state index contributed by atoms with van der Waals surface area (Å²) in [5.74, 6) is -0.499. The number of hydrogen-bond donors (Lipinski definition) is 0. The fourth-order valence-corrected chi connectivity index (χ4v) is 2.45. The molecule has 0 N–H and O–H groups in total. The van der Waals surface area contributed by atoms with Gasteiger partial charge in [0, 0.05) is 12.6 Å². The lowest BCUT2D eigenvalue weighted by Gasteiger charge is -2.20. The first kappa shape index (κ1) is 14.9. The monoisotopic (exact) mass is 288 g/mol. The van der Waals surface area contributed by atoms with Crippen LogP contribution in [-0.4, -0.2) is 34.6 Å². The molecule has 1 fully saturated rings. The Kier molecular flexibility index (Phi) is 3.88. The molecule has 0 bridgehead atoms. The molecule has 1 saturated heterocycles. The number of nitro groups is 1. The number of likely N-dealkylation sites (tertiary alicyclic amines) is 1. The zero-order chi connectivity index (χ0) is 15.7. The predicted octanol–water partition coefficient (Wildman–Crippen LogP) is 2.18.